The normalized spacial score (nSPS) is 11.7. The van der Waals surface area contributed by atoms with Gasteiger partial charge in [0.25, 0.3) is 0 Å². The minimum atomic E-state index is -4.65. The van der Waals surface area contributed by atoms with Crippen molar-refractivity contribution < 1.29 is 13.2 Å². The predicted molar refractivity (Wildman–Crippen MR) is 59.2 cm³/mol. The van der Waals surface area contributed by atoms with E-state index in [0.29, 0.717) is 4.88 Å². The molecule has 90 valence electrons. The Morgan fingerprint density at radius 1 is 1.18 bits per heavy atom. The molecule has 2 rings (SSSR count). The molecular formula is C9H7F3N4S. The molecule has 0 atom stereocenters. The maximum atomic E-state index is 12.6. The third-order valence-corrected chi connectivity index (χ3v) is 2.85. The number of nitrogens with two attached hydrogens (primary N) is 2. The molecule has 17 heavy (non-hydrogen) atoms. The summed E-state index contributed by atoms with van der Waals surface area (Å²) in [6, 6.07) is 3.29. The van der Waals surface area contributed by atoms with E-state index in [9.17, 15) is 13.2 Å². The van der Waals surface area contributed by atoms with Crippen molar-refractivity contribution in [3.8, 4) is 10.7 Å². The number of nitrogens with zero attached hydrogens (tertiary/aromatic N) is 2. The van der Waals surface area contributed by atoms with Crippen LogP contribution < -0.4 is 11.5 Å². The average Bonchev–Trinajstić information content (AvgIpc) is 2.73. The molecule has 0 amide bonds. The van der Waals surface area contributed by atoms with Crippen molar-refractivity contribution in [2.75, 3.05) is 11.5 Å². The molecule has 0 fully saturated rings. The molecule has 8 heteroatoms. The predicted octanol–water partition coefficient (Wildman–Crippen LogP) is 2.39. The lowest BCUT2D eigenvalue weighted by molar-refractivity contribution is -0.140. The number of halogens is 3. The first kappa shape index (κ1) is 11.6. The van der Waals surface area contributed by atoms with E-state index in [1.807, 2.05) is 0 Å². The van der Waals surface area contributed by atoms with E-state index >= 15 is 0 Å². The first-order valence-electron chi connectivity index (χ1n) is 4.43. The van der Waals surface area contributed by atoms with E-state index in [-0.39, 0.29) is 11.6 Å². The van der Waals surface area contributed by atoms with Crippen molar-refractivity contribution in [3.63, 3.8) is 0 Å². The highest BCUT2D eigenvalue weighted by atomic mass is 32.1. The third-order valence-electron chi connectivity index (χ3n) is 1.99. The lowest BCUT2D eigenvalue weighted by Crippen LogP contribution is -2.15. The largest absolute Gasteiger partial charge is 0.435 e. The summed E-state index contributed by atoms with van der Waals surface area (Å²) in [5.74, 6) is -0.435. The fraction of sp³-hybridized carbons (Fsp3) is 0.111. The van der Waals surface area contributed by atoms with Crippen molar-refractivity contribution in [1.82, 2.24) is 9.97 Å². The van der Waals surface area contributed by atoms with Crippen LogP contribution in [-0.2, 0) is 6.18 Å². The summed E-state index contributed by atoms with van der Waals surface area (Å²) in [5.41, 5.74) is 8.74. The molecule has 0 aromatic carbocycles. The molecule has 0 aliphatic carbocycles. The van der Waals surface area contributed by atoms with Crippen molar-refractivity contribution >= 4 is 22.8 Å². The number of rotatable bonds is 1. The molecule has 0 spiro atoms. The number of aromatic nitrogens is 2. The molecule has 2 heterocycles. The van der Waals surface area contributed by atoms with Gasteiger partial charge in [-0.15, -0.1) is 11.3 Å². The lowest BCUT2D eigenvalue weighted by atomic mass is 10.3. The zero-order valence-corrected chi connectivity index (χ0v) is 9.14. The Hall–Kier alpha value is -1.83. The highest BCUT2D eigenvalue weighted by Gasteiger charge is 2.36. The van der Waals surface area contributed by atoms with Crippen LogP contribution in [0.5, 0.6) is 0 Å². The van der Waals surface area contributed by atoms with Crippen LogP contribution >= 0.6 is 11.3 Å². The van der Waals surface area contributed by atoms with Gasteiger partial charge in [0.2, 0.25) is 0 Å². The first-order chi connectivity index (χ1) is 7.89. The molecule has 0 aliphatic heterocycles. The second kappa shape index (κ2) is 3.88. The number of nitrogen functional groups attached to an aromatic ring is 2. The van der Waals surface area contributed by atoms with Crippen LogP contribution in [0, 0.1) is 0 Å². The van der Waals surface area contributed by atoms with Gasteiger partial charge in [-0.3, -0.25) is 0 Å². The topological polar surface area (TPSA) is 77.8 Å². The smallest absolute Gasteiger partial charge is 0.394 e. The number of anilines is 2. The summed E-state index contributed by atoms with van der Waals surface area (Å²) in [5, 5.41) is 1.71. The SMILES string of the molecule is Nc1nc(-c2cccs2)nc(C(F)(F)F)c1N. The fourth-order valence-electron chi connectivity index (χ4n) is 1.22. The standard InChI is InChI=1S/C9H7F3N4S/c10-9(11,12)6-5(13)7(14)16-8(15-6)4-2-1-3-17-4/h1-3H,13H2,(H2,14,15,16). The number of hydrogen-bond acceptors (Lipinski definition) is 5. The van der Waals surface area contributed by atoms with Gasteiger partial charge in [0.05, 0.1) is 4.88 Å². The summed E-state index contributed by atoms with van der Waals surface area (Å²) in [6.45, 7) is 0. The molecule has 0 radical (unpaired) electrons. The maximum Gasteiger partial charge on any atom is 0.435 e. The summed E-state index contributed by atoms with van der Waals surface area (Å²) < 4.78 is 37.9. The Morgan fingerprint density at radius 2 is 1.88 bits per heavy atom. The van der Waals surface area contributed by atoms with E-state index in [4.69, 9.17) is 11.5 Å². The van der Waals surface area contributed by atoms with Crippen LogP contribution in [0.15, 0.2) is 17.5 Å². The molecule has 0 saturated carbocycles. The highest BCUT2D eigenvalue weighted by Crippen LogP contribution is 2.35. The minimum Gasteiger partial charge on any atom is -0.394 e. The van der Waals surface area contributed by atoms with E-state index in [2.05, 4.69) is 9.97 Å². The van der Waals surface area contributed by atoms with Gasteiger partial charge in [0.1, 0.15) is 5.69 Å². The van der Waals surface area contributed by atoms with E-state index in [0.717, 1.165) is 0 Å². The van der Waals surface area contributed by atoms with Crippen molar-refractivity contribution in [1.29, 1.82) is 0 Å². The van der Waals surface area contributed by atoms with Crippen LogP contribution in [0.2, 0.25) is 0 Å². The molecule has 0 bridgehead atoms. The minimum absolute atomic E-state index is 0.0703. The van der Waals surface area contributed by atoms with Gasteiger partial charge < -0.3 is 11.5 Å². The Labute approximate surface area is 98.1 Å². The summed E-state index contributed by atoms with van der Waals surface area (Å²) >= 11 is 1.22. The molecular weight excluding hydrogens is 253 g/mol. The van der Waals surface area contributed by atoms with Crippen molar-refractivity contribution in [2.24, 2.45) is 0 Å². The fourth-order valence-corrected chi connectivity index (χ4v) is 1.88. The van der Waals surface area contributed by atoms with Gasteiger partial charge in [-0.1, -0.05) is 6.07 Å². The van der Waals surface area contributed by atoms with Gasteiger partial charge in [-0.25, -0.2) is 9.97 Å². The Balaban J connectivity index is 2.62. The summed E-state index contributed by atoms with van der Waals surface area (Å²) in [6.07, 6.45) is -4.65. The summed E-state index contributed by atoms with van der Waals surface area (Å²) in [7, 11) is 0. The number of hydrogen-bond donors (Lipinski definition) is 2. The Bertz CT molecular complexity index is 536. The highest BCUT2D eigenvalue weighted by molar-refractivity contribution is 7.13. The van der Waals surface area contributed by atoms with E-state index in [1.54, 1.807) is 17.5 Å². The number of thiophene rings is 1. The molecule has 0 aliphatic rings. The Kier molecular flexibility index (Phi) is 2.66. The van der Waals surface area contributed by atoms with Crippen LogP contribution in [0.1, 0.15) is 5.69 Å². The third kappa shape index (κ3) is 2.16. The van der Waals surface area contributed by atoms with Gasteiger partial charge >= 0.3 is 6.18 Å². The summed E-state index contributed by atoms with van der Waals surface area (Å²) in [4.78, 5) is 7.66. The second-order valence-corrected chi connectivity index (χ2v) is 4.12. The number of alkyl halides is 3. The second-order valence-electron chi connectivity index (χ2n) is 3.17. The van der Waals surface area contributed by atoms with E-state index < -0.39 is 17.6 Å². The Morgan fingerprint density at radius 3 is 2.41 bits per heavy atom. The van der Waals surface area contributed by atoms with Gasteiger partial charge in [-0.2, -0.15) is 13.2 Å². The maximum absolute atomic E-state index is 12.6. The monoisotopic (exact) mass is 260 g/mol. The van der Waals surface area contributed by atoms with Gasteiger partial charge in [0.15, 0.2) is 17.3 Å². The van der Waals surface area contributed by atoms with Crippen molar-refractivity contribution in [3.05, 3.63) is 23.2 Å². The van der Waals surface area contributed by atoms with Gasteiger partial charge in [-0.05, 0) is 11.4 Å². The van der Waals surface area contributed by atoms with Crippen LogP contribution in [-0.4, -0.2) is 9.97 Å². The molecule has 2 aromatic rings. The molecule has 0 unspecified atom stereocenters. The van der Waals surface area contributed by atoms with Crippen LogP contribution in [0.25, 0.3) is 10.7 Å². The van der Waals surface area contributed by atoms with Crippen LogP contribution in [0.4, 0.5) is 24.7 Å². The van der Waals surface area contributed by atoms with Gasteiger partial charge in [0, 0.05) is 0 Å². The zero-order chi connectivity index (χ0) is 12.6. The molecule has 4 N–H and O–H groups in total. The quantitative estimate of drug-likeness (QED) is 0.825. The molecule has 4 nitrogen and oxygen atoms in total. The lowest BCUT2D eigenvalue weighted by Gasteiger charge is -2.11. The first-order valence-corrected chi connectivity index (χ1v) is 5.31. The van der Waals surface area contributed by atoms with Crippen LogP contribution in [0.3, 0.4) is 0 Å². The van der Waals surface area contributed by atoms with E-state index in [1.165, 1.54) is 11.3 Å². The van der Waals surface area contributed by atoms with Crippen molar-refractivity contribution in [2.45, 2.75) is 6.18 Å². The molecule has 0 saturated heterocycles. The zero-order valence-electron chi connectivity index (χ0n) is 8.32. The molecule has 2 aromatic heterocycles. The average molecular weight is 260 g/mol.